The van der Waals surface area contributed by atoms with Crippen molar-refractivity contribution < 1.29 is 4.39 Å². The topological polar surface area (TPSA) is 37.8 Å². The van der Waals surface area contributed by atoms with Gasteiger partial charge in [0.2, 0.25) is 0 Å². The zero-order valence-electron chi connectivity index (χ0n) is 10.5. The standard InChI is InChI=1S/C14H16FN3/c1-10(2)18-6-11-3-12(7-16-5-11)13-4-14(15)9-17-8-13/h3-5,7-10,18H,6H2,1-2H3. The average Bonchev–Trinajstić information content (AvgIpc) is 2.37. The molecular formula is C14H16FN3. The molecule has 2 rings (SSSR count). The van der Waals surface area contributed by atoms with Crippen molar-refractivity contribution in [2.75, 3.05) is 0 Å². The van der Waals surface area contributed by atoms with Crippen molar-refractivity contribution in [1.29, 1.82) is 0 Å². The summed E-state index contributed by atoms with van der Waals surface area (Å²) in [5, 5.41) is 3.32. The lowest BCUT2D eigenvalue weighted by atomic mass is 10.1. The lowest BCUT2D eigenvalue weighted by Crippen LogP contribution is -2.21. The first-order valence-corrected chi connectivity index (χ1v) is 5.93. The molecule has 0 fully saturated rings. The van der Waals surface area contributed by atoms with Crippen molar-refractivity contribution >= 4 is 0 Å². The number of rotatable bonds is 4. The van der Waals surface area contributed by atoms with Gasteiger partial charge in [0.1, 0.15) is 5.82 Å². The first kappa shape index (κ1) is 12.6. The highest BCUT2D eigenvalue weighted by molar-refractivity contribution is 5.61. The number of hydrogen-bond donors (Lipinski definition) is 1. The molecule has 18 heavy (non-hydrogen) atoms. The van der Waals surface area contributed by atoms with Crippen molar-refractivity contribution in [3.8, 4) is 11.1 Å². The summed E-state index contributed by atoms with van der Waals surface area (Å²) in [4.78, 5) is 8.02. The molecule has 1 N–H and O–H groups in total. The van der Waals surface area contributed by atoms with E-state index in [2.05, 4.69) is 29.1 Å². The van der Waals surface area contributed by atoms with E-state index in [1.54, 1.807) is 12.4 Å². The highest BCUT2D eigenvalue weighted by Crippen LogP contribution is 2.19. The fourth-order valence-corrected chi connectivity index (χ4v) is 1.63. The Hall–Kier alpha value is -1.81. The summed E-state index contributed by atoms with van der Waals surface area (Å²) < 4.78 is 13.1. The molecule has 0 aliphatic carbocycles. The van der Waals surface area contributed by atoms with Gasteiger partial charge in [0.05, 0.1) is 6.20 Å². The Bertz CT molecular complexity index is 526. The molecule has 2 aromatic heterocycles. The van der Waals surface area contributed by atoms with E-state index in [0.717, 1.165) is 23.2 Å². The van der Waals surface area contributed by atoms with Gasteiger partial charge in [0.25, 0.3) is 0 Å². The lowest BCUT2D eigenvalue weighted by Gasteiger charge is -2.09. The van der Waals surface area contributed by atoms with Crippen LogP contribution in [0.15, 0.2) is 36.9 Å². The predicted octanol–water partition coefficient (Wildman–Crippen LogP) is 2.78. The van der Waals surface area contributed by atoms with E-state index in [0.29, 0.717) is 6.04 Å². The Morgan fingerprint density at radius 1 is 1.06 bits per heavy atom. The summed E-state index contributed by atoms with van der Waals surface area (Å²) in [5.74, 6) is -0.335. The third-order valence-electron chi connectivity index (χ3n) is 2.55. The van der Waals surface area contributed by atoms with Crippen LogP contribution in [0.2, 0.25) is 0 Å². The van der Waals surface area contributed by atoms with Gasteiger partial charge in [0.15, 0.2) is 0 Å². The number of nitrogens with zero attached hydrogens (tertiary/aromatic N) is 2. The van der Waals surface area contributed by atoms with Crippen molar-refractivity contribution in [2.45, 2.75) is 26.4 Å². The van der Waals surface area contributed by atoms with Crippen molar-refractivity contribution in [2.24, 2.45) is 0 Å². The van der Waals surface area contributed by atoms with Crippen molar-refractivity contribution in [3.05, 3.63) is 48.3 Å². The fourth-order valence-electron chi connectivity index (χ4n) is 1.63. The maximum Gasteiger partial charge on any atom is 0.142 e. The average molecular weight is 245 g/mol. The smallest absolute Gasteiger partial charge is 0.142 e. The Balaban J connectivity index is 2.21. The highest BCUT2D eigenvalue weighted by atomic mass is 19.1. The molecule has 0 unspecified atom stereocenters. The van der Waals surface area contributed by atoms with Crippen LogP contribution in [0.1, 0.15) is 19.4 Å². The number of nitrogens with one attached hydrogen (secondary N) is 1. The molecule has 3 nitrogen and oxygen atoms in total. The number of aromatic nitrogens is 2. The summed E-state index contributed by atoms with van der Waals surface area (Å²) >= 11 is 0. The van der Waals surface area contributed by atoms with Crippen LogP contribution < -0.4 is 5.32 Å². The highest BCUT2D eigenvalue weighted by Gasteiger charge is 2.02. The maximum atomic E-state index is 13.1. The molecule has 4 heteroatoms. The Morgan fingerprint density at radius 2 is 1.72 bits per heavy atom. The van der Waals surface area contributed by atoms with Crippen LogP contribution in [-0.4, -0.2) is 16.0 Å². The summed E-state index contributed by atoms with van der Waals surface area (Å²) in [6, 6.07) is 3.88. The van der Waals surface area contributed by atoms with E-state index in [1.807, 2.05) is 12.3 Å². The first-order chi connectivity index (χ1) is 8.65. The van der Waals surface area contributed by atoms with Gasteiger partial charge < -0.3 is 5.32 Å². The number of pyridine rings is 2. The molecular weight excluding hydrogens is 229 g/mol. The maximum absolute atomic E-state index is 13.1. The van der Waals surface area contributed by atoms with Gasteiger partial charge in [-0.1, -0.05) is 13.8 Å². The Kier molecular flexibility index (Phi) is 3.99. The van der Waals surface area contributed by atoms with Crippen LogP contribution in [0.25, 0.3) is 11.1 Å². The van der Waals surface area contributed by atoms with E-state index in [4.69, 9.17) is 0 Å². The molecule has 0 spiro atoms. The zero-order chi connectivity index (χ0) is 13.0. The molecule has 0 aliphatic rings. The van der Waals surface area contributed by atoms with Crippen LogP contribution in [0.4, 0.5) is 4.39 Å². The Labute approximate surface area is 106 Å². The Morgan fingerprint density at radius 3 is 2.39 bits per heavy atom. The molecule has 0 saturated heterocycles. The van der Waals surface area contributed by atoms with Crippen molar-refractivity contribution in [3.63, 3.8) is 0 Å². The normalized spacial score (nSPS) is 10.9. The van der Waals surface area contributed by atoms with Crippen LogP contribution in [-0.2, 0) is 6.54 Å². The second-order valence-corrected chi connectivity index (χ2v) is 4.51. The lowest BCUT2D eigenvalue weighted by molar-refractivity contribution is 0.588. The molecule has 0 saturated carbocycles. The molecule has 0 bridgehead atoms. The second-order valence-electron chi connectivity index (χ2n) is 4.51. The molecule has 0 aromatic carbocycles. The van der Waals surface area contributed by atoms with Crippen LogP contribution in [0.3, 0.4) is 0 Å². The van der Waals surface area contributed by atoms with E-state index in [-0.39, 0.29) is 5.82 Å². The molecule has 0 amide bonds. The zero-order valence-corrected chi connectivity index (χ0v) is 10.5. The van der Waals surface area contributed by atoms with Gasteiger partial charge in [-0.2, -0.15) is 0 Å². The van der Waals surface area contributed by atoms with Crippen molar-refractivity contribution in [1.82, 2.24) is 15.3 Å². The van der Waals surface area contributed by atoms with Crippen LogP contribution in [0.5, 0.6) is 0 Å². The minimum Gasteiger partial charge on any atom is -0.310 e. The van der Waals surface area contributed by atoms with E-state index >= 15 is 0 Å². The largest absolute Gasteiger partial charge is 0.310 e. The van der Waals surface area contributed by atoms with Gasteiger partial charge in [0, 0.05) is 42.3 Å². The van der Waals surface area contributed by atoms with E-state index < -0.39 is 0 Å². The number of halogens is 1. The predicted molar refractivity (Wildman–Crippen MR) is 69.4 cm³/mol. The fraction of sp³-hybridized carbons (Fsp3) is 0.286. The summed E-state index contributed by atoms with van der Waals surface area (Å²) in [6.45, 7) is 4.93. The molecule has 0 radical (unpaired) electrons. The van der Waals surface area contributed by atoms with Gasteiger partial charge >= 0.3 is 0 Å². The van der Waals surface area contributed by atoms with E-state index in [9.17, 15) is 4.39 Å². The van der Waals surface area contributed by atoms with Gasteiger partial charge in [-0.25, -0.2) is 4.39 Å². The number of hydrogen-bond acceptors (Lipinski definition) is 3. The molecule has 0 atom stereocenters. The second kappa shape index (κ2) is 5.69. The van der Waals surface area contributed by atoms with Gasteiger partial charge in [-0.05, 0) is 17.7 Å². The molecule has 2 heterocycles. The molecule has 2 aromatic rings. The van der Waals surface area contributed by atoms with Crippen LogP contribution in [0, 0.1) is 5.82 Å². The first-order valence-electron chi connectivity index (χ1n) is 5.93. The van der Waals surface area contributed by atoms with Gasteiger partial charge in [-0.15, -0.1) is 0 Å². The SMILES string of the molecule is CC(C)NCc1cncc(-c2cncc(F)c2)c1. The van der Waals surface area contributed by atoms with E-state index in [1.165, 1.54) is 12.3 Å². The third kappa shape index (κ3) is 3.34. The third-order valence-corrected chi connectivity index (χ3v) is 2.55. The molecule has 94 valence electrons. The molecule has 0 aliphatic heterocycles. The minimum absolute atomic E-state index is 0.335. The quantitative estimate of drug-likeness (QED) is 0.900. The monoisotopic (exact) mass is 245 g/mol. The van der Waals surface area contributed by atoms with Gasteiger partial charge in [-0.3, -0.25) is 9.97 Å². The minimum atomic E-state index is -0.335. The summed E-state index contributed by atoms with van der Waals surface area (Å²) in [5.41, 5.74) is 2.70. The summed E-state index contributed by atoms with van der Waals surface area (Å²) in [6.07, 6.45) is 6.36. The summed E-state index contributed by atoms with van der Waals surface area (Å²) in [7, 11) is 0. The van der Waals surface area contributed by atoms with Crippen LogP contribution >= 0.6 is 0 Å².